The Morgan fingerprint density at radius 3 is 2.76 bits per heavy atom. The van der Waals surface area contributed by atoms with Gasteiger partial charge < -0.3 is 9.14 Å². The van der Waals surface area contributed by atoms with Gasteiger partial charge in [0, 0.05) is 12.6 Å². The van der Waals surface area contributed by atoms with E-state index in [0.29, 0.717) is 0 Å². The van der Waals surface area contributed by atoms with Crippen molar-refractivity contribution in [2.45, 2.75) is 19.8 Å². The van der Waals surface area contributed by atoms with E-state index in [0.717, 1.165) is 34.5 Å². The highest BCUT2D eigenvalue weighted by molar-refractivity contribution is 9.10. The van der Waals surface area contributed by atoms with Crippen LogP contribution in [0.2, 0.25) is 0 Å². The molecule has 108 valence electrons. The van der Waals surface area contributed by atoms with Crippen LogP contribution in [0.5, 0.6) is 5.75 Å². The molecule has 1 aromatic carbocycles. The number of methoxy groups -OCH3 is 1. The Kier molecular flexibility index (Phi) is 3.97. The van der Waals surface area contributed by atoms with Gasteiger partial charge in [0.1, 0.15) is 16.2 Å². The third kappa shape index (κ3) is 2.81. The van der Waals surface area contributed by atoms with Crippen molar-refractivity contribution in [3.8, 4) is 5.75 Å². The molecular weight excluding hydrogens is 328 g/mol. The average molecular weight is 345 g/mol. The van der Waals surface area contributed by atoms with Gasteiger partial charge in [0.25, 0.3) is 0 Å². The van der Waals surface area contributed by atoms with Crippen LogP contribution in [0.25, 0.3) is 5.52 Å². The smallest absolute Gasteiger partial charge is 0.132 e. The fourth-order valence-corrected chi connectivity index (χ4v) is 3.07. The predicted molar refractivity (Wildman–Crippen MR) is 88.0 cm³/mol. The molecule has 0 aliphatic heterocycles. The number of aryl methyl sites for hydroxylation is 3. The van der Waals surface area contributed by atoms with Crippen LogP contribution < -0.4 is 4.74 Å². The van der Waals surface area contributed by atoms with Gasteiger partial charge in [-0.2, -0.15) is 0 Å². The maximum Gasteiger partial charge on any atom is 0.132 e. The predicted octanol–water partition coefficient (Wildman–Crippen LogP) is 4.20. The van der Waals surface area contributed by atoms with Gasteiger partial charge in [0.2, 0.25) is 0 Å². The van der Waals surface area contributed by atoms with Crippen LogP contribution >= 0.6 is 15.9 Å². The average Bonchev–Trinajstić information content (AvgIpc) is 2.81. The molecule has 0 bridgehead atoms. The van der Waals surface area contributed by atoms with E-state index in [2.05, 4.69) is 56.6 Å². The number of hydrogen-bond donors (Lipinski definition) is 0. The van der Waals surface area contributed by atoms with Crippen LogP contribution in [-0.4, -0.2) is 16.5 Å². The molecule has 3 aromatic rings. The highest BCUT2D eigenvalue weighted by Gasteiger charge is 2.10. The van der Waals surface area contributed by atoms with Crippen molar-refractivity contribution >= 4 is 21.4 Å². The molecule has 0 amide bonds. The van der Waals surface area contributed by atoms with Crippen LogP contribution in [0.1, 0.15) is 17.0 Å². The minimum atomic E-state index is 0.872. The molecule has 2 aromatic heterocycles. The first-order chi connectivity index (χ1) is 10.2. The zero-order chi connectivity index (χ0) is 14.8. The summed E-state index contributed by atoms with van der Waals surface area (Å²) >= 11 is 3.54. The zero-order valence-electron chi connectivity index (χ0n) is 12.1. The summed E-state index contributed by atoms with van der Waals surface area (Å²) < 4.78 is 8.47. The van der Waals surface area contributed by atoms with Gasteiger partial charge in [-0.1, -0.05) is 24.3 Å². The fourth-order valence-electron chi connectivity index (χ4n) is 2.55. The van der Waals surface area contributed by atoms with Gasteiger partial charge in [-0.15, -0.1) is 0 Å². The minimum Gasteiger partial charge on any atom is -0.496 e. The zero-order valence-corrected chi connectivity index (χ0v) is 13.7. The van der Waals surface area contributed by atoms with E-state index in [9.17, 15) is 0 Å². The Morgan fingerprint density at radius 2 is 1.95 bits per heavy atom. The first-order valence-electron chi connectivity index (χ1n) is 6.94. The van der Waals surface area contributed by atoms with Crippen molar-refractivity contribution in [3.05, 3.63) is 64.1 Å². The number of benzene rings is 1. The molecule has 0 aliphatic rings. The lowest BCUT2D eigenvalue weighted by Gasteiger charge is -2.07. The minimum absolute atomic E-state index is 0.872. The molecule has 21 heavy (non-hydrogen) atoms. The van der Waals surface area contributed by atoms with E-state index < -0.39 is 0 Å². The number of ether oxygens (including phenoxy) is 1. The lowest BCUT2D eigenvalue weighted by molar-refractivity contribution is 0.409. The molecule has 0 atom stereocenters. The van der Waals surface area contributed by atoms with Crippen LogP contribution in [-0.2, 0) is 12.8 Å². The lowest BCUT2D eigenvalue weighted by Crippen LogP contribution is -2.00. The molecule has 4 heteroatoms. The monoisotopic (exact) mass is 344 g/mol. The second-order valence-electron chi connectivity index (χ2n) is 5.09. The maximum atomic E-state index is 5.41. The molecule has 3 rings (SSSR count). The molecule has 0 radical (unpaired) electrons. The van der Waals surface area contributed by atoms with Crippen molar-refractivity contribution in [2.75, 3.05) is 7.11 Å². The molecule has 0 aliphatic carbocycles. The Labute approximate surface area is 132 Å². The highest BCUT2D eigenvalue weighted by atomic mass is 79.9. The van der Waals surface area contributed by atoms with Crippen LogP contribution in [0.15, 0.2) is 47.2 Å². The molecule has 0 saturated carbocycles. The summed E-state index contributed by atoms with van der Waals surface area (Å²) in [7, 11) is 1.71. The van der Waals surface area contributed by atoms with Crippen LogP contribution in [0.4, 0.5) is 0 Å². The molecule has 2 heterocycles. The normalized spacial score (nSPS) is 11.0. The highest BCUT2D eigenvalue weighted by Crippen LogP contribution is 2.23. The Balaban J connectivity index is 1.90. The van der Waals surface area contributed by atoms with Gasteiger partial charge in [0.15, 0.2) is 0 Å². The summed E-state index contributed by atoms with van der Waals surface area (Å²) in [6.07, 6.45) is 3.91. The SMILES string of the molecule is COc1ccccc1CCc1nc(Br)c2ccc(C)cn12. The van der Waals surface area contributed by atoms with E-state index in [-0.39, 0.29) is 0 Å². The Hall–Kier alpha value is -1.81. The number of fused-ring (bicyclic) bond motifs is 1. The second kappa shape index (κ2) is 5.90. The fraction of sp³-hybridized carbons (Fsp3) is 0.235. The Bertz CT molecular complexity index is 780. The van der Waals surface area contributed by atoms with E-state index in [1.54, 1.807) is 7.11 Å². The number of para-hydroxylation sites is 1. The Morgan fingerprint density at radius 1 is 1.14 bits per heavy atom. The first kappa shape index (κ1) is 14.1. The second-order valence-corrected chi connectivity index (χ2v) is 5.84. The first-order valence-corrected chi connectivity index (χ1v) is 7.73. The number of aromatic nitrogens is 2. The van der Waals surface area contributed by atoms with Crippen molar-refractivity contribution in [1.29, 1.82) is 0 Å². The van der Waals surface area contributed by atoms with Gasteiger partial charge in [0.05, 0.1) is 12.6 Å². The van der Waals surface area contributed by atoms with E-state index in [1.165, 1.54) is 11.1 Å². The van der Waals surface area contributed by atoms with Crippen molar-refractivity contribution in [3.63, 3.8) is 0 Å². The summed E-state index contributed by atoms with van der Waals surface area (Å²) in [6, 6.07) is 12.3. The summed E-state index contributed by atoms with van der Waals surface area (Å²) in [5.74, 6) is 2.00. The van der Waals surface area contributed by atoms with E-state index in [1.807, 2.05) is 18.2 Å². The van der Waals surface area contributed by atoms with Crippen molar-refractivity contribution in [1.82, 2.24) is 9.38 Å². The quantitative estimate of drug-likeness (QED) is 0.709. The largest absolute Gasteiger partial charge is 0.496 e. The summed E-state index contributed by atoms with van der Waals surface area (Å²) in [4.78, 5) is 4.64. The summed E-state index contributed by atoms with van der Waals surface area (Å²) in [5.41, 5.74) is 3.54. The third-order valence-electron chi connectivity index (χ3n) is 3.62. The van der Waals surface area contributed by atoms with Crippen molar-refractivity contribution in [2.24, 2.45) is 0 Å². The molecule has 0 saturated heterocycles. The molecule has 0 N–H and O–H groups in total. The topological polar surface area (TPSA) is 26.5 Å². The van der Waals surface area contributed by atoms with E-state index in [4.69, 9.17) is 4.74 Å². The van der Waals surface area contributed by atoms with E-state index >= 15 is 0 Å². The number of hydrogen-bond acceptors (Lipinski definition) is 2. The molecular formula is C17H17BrN2O. The third-order valence-corrected chi connectivity index (χ3v) is 4.21. The maximum absolute atomic E-state index is 5.41. The van der Waals surface area contributed by atoms with Gasteiger partial charge in [-0.05, 0) is 52.5 Å². The number of nitrogens with zero attached hydrogens (tertiary/aromatic N) is 2. The summed E-state index contributed by atoms with van der Waals surface area (Å²) in [5, 5.41) is 0. The lowest BCUT2D eigenvalue weighted by atomic mass is 10.1. The number of imidazole rings is 1. The molecule has 3 nitrogen and oxygen atoms in total. The van der Waals surface area contributed by atoms with Crippen LogP contribution in [0, 0.1) is 6.92 Å². The molecule has 0 unspecified atom stereocenters. The van der Waals surface area contributed by atoms with Crippen molar-refractivity contribution < 1.29 is 4.74 Å². The number of rotatable bonds is 4. The van der Waals surface area contributed by atoms with Gasteiger partial charge in [-0.25, -0.2) is 4.98 Å². The summed E-state index contributed by atoms with van der Waals surface area (Å²) in [6.45, 7) is 2.09. The van der Waals surface area contributed by atoms with Crippen LogP contribution in [0.3, 0.4) is 0 Å². The number of pyridine rings is 1. The van der Waals surface area contributed by atoms with Gasteiger partial charge >= 0.3 is 0 Å². The van der Waals surface area contributed by atoms with Gasteiger partial charge in [-0.3, -0.25) is 0 Å². The molecule has 0 spiro atoms. The standard InChI is InChI=1S/C17H17BrN2O/c1-12-7-9-14-17(18)19-16(20(14)11-12)10-8-13-5-3-4-6-15(13)21-2/h3-7,9,11H,8,10H2,1-2H3. The number of halogens is 1. The molecule has 0 fully saturated rings.